The number of aromatic amines is 1. The topological polar surface area (TPSA) is 78.9 Å². The molecule has 3 aromatic carbocycles. The van der Waals surface area contributed by atoms with Gasteiger partial charge >= 0.3 is 0 Å². The number of nitrogens with one attached hydrogen (secondary N) is 3. The van der Waals surface area contributed by atoms with E-state index in [1.54, 1.807) is 6.07 Å². The molecule has 3 N–H and O–H groups in total. The molecule has 0 radical (unpaired) electrons. The Labute approximate surface area is 183 Å². The number of para-hydroxylation sites is 2. The first kappa shape index (κ1) is 18.4. The zero-order valence-corrected chi connectivity index (χ0v) is 17.1. The van der Waals surface area contributed by atoms with Crippen LogP contribution in [0.25, 0.3) is 33.1 Å². The van der Waals surface area contributed by atoms with Crippen molar-refractivity contribution < 1.29 is 9.59 Å². The predicted molar refractivity (Wildman–Crippen MR) is 124 cm³/mol. The summed E-state index contributed by atoms with van der Waals surface area (Å²) < 4.78 is 1.95. The molecule has 6 heteroatoms. The molecule has 1 aliphatic heterocycles. The highest BCUT2D eigenvalue weighted by Crippen LogP contribution is 2.34. The molecule has 0 bridgehead atoms. The van der Waals surface area contributed by atoms with Gasteiger partial charge in [0.05, 0.1) is 11.2 Å². The van der Waals surface area contributed by atoms with Crippen molar-refractivity contribution in [1.29, 1.82) is 0 Å². The Balaban J connectivity index is 1.49. The lowest BCUT2D eigenvalue weighted by atomic mass is 10.1. The number of carbonyl (C=O) groups excluding carboxylic acids is 2. The van der Waals surface area contributed by atoms with E-state index in [1.807, 2.05) is 77.4 Å². The molecule has 32 heavy (non-hydrogen) atoms. The molecule has 1 aliphatic rings. The van der Waals surface area contributed by atoms with Crippen LogP contribution in [-0.4, -0.2) is 21.4 Å². The molecule has 6 rings (SSSR count). The molecule has 2 aromatic heterocycles. The largest absolute Gasteiger partial charge is 0.351 e. The second-order valence-corrected chi connectivity index (χ2v) is 7.98. The molecule has 0 unspecified atom stereocenters. The number of nitrogens with zero attached hydrogens (tertiary/aromatic N) is 1. The van der Waals surface area contributed by atoms with Crippen molar-refractivity contribution in [2.45, 2.75) is 12.7 Å². The van der Waals surface area contributed by atoms with Crippen LogP contribution < -0.4 is 10.6 Å². The molecular formula is C26H20N4O2. The SMILES string of the molecule is O=C(N[C@H]1C(=O)NCc2cccc3cc(-c4ccccc4)n1c23)c1cc2ccccc2[nH]1. The lowest BCUT2D eigenvalue weighted by Gasteiger charge is -2.21. The zero-order chi connectivity index (χ0) is 21.7. The normalized spacial score (nSPS) is 15.5. The highest BCUT2D eigenvalue weighted by Gasteiger charge is 2.31. The fraction of sp³-hybridized carbons (Fsp3) is 0.0769. The van der Waals surface area contributed by atoms with Crippen molar-refractivity contribution in [3.63, 3.8) is 0 Å². The van der Waals surface area contributed by atoms with Gasteiger partial charge in [-0.2, -0.15) is 0 Å². The van der Waals surface area contributed by atoms with Crippen LogP contribution in [0.4, 0.5) is 0 Å². The molecule has 2 amide bonds. The number of hydrogen-bond acceptors (Lipinski definition) is 2. The first-order chi connectivity index (χ1) is 15.7. The third-order valence-corrected chi connectivity index (χ3v) is 6.02. The van der Waals surface area contributed by atoms with Gasteiger partial charge in [0, 0.05) is 22.8 Å². The van der Waals surface area contributed by atoms with Crippen molar-refractivity contribution in [1.82, 2.24) is 20.2 Å². The van der Waals surface area contributed by atoms with Gasteiger partial charge in [-0.25, -0.2) is 0 Å². The molecule has 6 nitrogen and oxygen atoms in total. The number of benzene rings is 3. The van der Waals surface area contributed by atoms with Crippen LogP contribution in [0, 0.1) is 0 Å². The van der Waals surface area contributed by atoms with E-state index >= 15 is 0 Å². The van der Waals surface area contributed by atoms with Gasteiger partial charge in [-0.15, -0.1) is 0 Å². The minimum absolute atomic E-state index is 0.250. The molecule has 5 aromatic rings. The van der Waals surface area contributed by atoms with E-state index < -0.39 is 6.17 Å². The molecule has 0 saturated carbocycles. The van der Waals surface area contributed by atoms with E-state index in [2.05, 4.69) is 21.7 Å². The van der Waals surface area contributed by atoms with Crippen LogP contribution in [0.3, 0.4) is 0 Å². The van der Waals surface area contributed by atoms with Crippen molar-refractivity contribution in [3.05, 3.63) is 96.2 Å². The van der Waals surface area contributed by atoms with Crippen LogP contribution in [0.5, 0.6) is 0 Å². The lowest BCUT2D eigenvalue weighted by molar-refractivity contribution is -0.124. The number of H-pyrrole nitrogens is 1. The van der Waals surface area contributed by atoms with E-state index in [-0.39, 0.29) is 11.8 Å². The van der Waals surface area contributed by atoms with Crippen LogP contribution in [0.1, 0.15) is 22.2 Å². The molecule has 0 fully saturated rings. The number of rotatable bonds is 3. The van der Waals surface area contributed by atoms with Crippen molar-refractivity contribution in [3.8, 4) is 11.3 Å². The third kappa shape index (κ3) is 2.88. The van der Waals surface area contributed by atoms with Gasteiger partial charge in [-0.3, -0.25) is 9.59 Å². The number of hydrogen-bond donors (Lipinski definition) is 3. The standard InChI is InChI=1S/C26H20N4O2/c31-25(21-13-17-9-4-5-12-20(17)28-21)29-24-26(32)27-15-19-11-6-10-18-14-22(30(24)23(18)19)16-7-2-1-3-8-16/h1-14,24,28H,15H2,(H,27,32)(H,29,31)/t24-/m1/s1. The monoisotopic (exact) mass is 420 g/mol. The Morgan fingerprint density at radius 3 is 2.53 bits per heavy atom. The quantitative estimate of drug-likeness (QED) is 0.406. The van der Waals surface area contributed by atoms with E-state index in [4.69, 9.17) is 0 Å². The number of amides is 2. The van der Waals surface area contributed by atoms with Crippen LogP contribution >= 0.6 is 0 Å². The van der Waals surface area contributed by atoms with Gasteiger partial charge in [0.1, 0.15) is 5.69 Å². The first-order valence-corrected chi connectivity index (χ1v) is 10.5. The zero-order valence-electron chi connectivity index (χ0n) is 17.1. The average Bonchev–Trinajstić information content (AvgIpc) is 3.40. The molecule has 3 heterocycles. The molecule has 0 saturated heterocycles. The van der Waals surface area contributed by atoms with Crippen LogP contribution in [-0.2, 0) is 11.3 Å². The van der Waals surface area contributed by atoms with E-state index in [9.17, 15) is 9.59 Å². The number of carbonyl (C=O) groups is 2. The second kappa shape index (κ2) is 7.13. The van der Waals surface area contributed by atoms with Gasteiger partial charge in [-0.05, 0) is 29.3 Å². The summed E-state index contributed by atoms with van der Waals surface area (Å²) in [6.45, 7) is 0.410. The maximum atomic E-state index is 13.2. The van der Waals surface area contributed by atoms with Crippen LogP contribution in [0.2, 0.25) is 0 Å². The van der Waals surface area contributed by atoms with Crippen molar-refractivity contribution in [2.24, 2.45) is 0 Å². The maximum absolute atomic E-state index is 13.2. The van der Waals surface area contributed by atoms with Gasteiger partial charge in [0.25, 0.3) is 11.8 Å². The third-order valence-electron chi connectivity index (χ3n) is 6.02. The van der Waals surface area contributed by atoms with Crippen LogP contribution in [0.15, 0.2) is 84.9 Å². The van der Waals surface area contributed by atoms with Gasteiger partial charge < -0.3 is 20.2 Å². The number of aromatic nitrogens is 2. The Morgan fingerprint density at radius 1 is 0.906 bits per heavy atom. The van der Waals surface area contributed by atoms with E-state index in [0.717, 1.165) is 38.6 Å². The second-order valence-electron chi connectivity index (χ2n) is 7.98. The Kier molecular flexibility index (Phi) is 4.11. The lowest BCUT2D eigenvalue weighted by Crippen LogP contribution is -2.42. The summed E-state index contributed by atoms with van der Waals surface area (Å²) in [6, 6.07) is 27.5. The summed E-state index contributed by atoms with van der Waals surface area (Å²) in [4.78, 5) is 29.5. The predicted octanol–water partition coefficient (Wildman–Crippen LogP) is 4.35. The maximum Gasteiger partial charge on any atom is 0.269 e. The molecule has 156 valence electrons. The van der Waals surface area contributed by atoms with Crippen molar-refractivity contribution >= 4 is 33.6 Å². The molecule has 1 atom stereocenters. The van der Waals surface area contributed by atoms with E-state index in [0.29, 0.717) is 12.2 Å². The summed E-state index contributed by atoms with van der Waals surface area (Å²) in [7, 11) is 0. The average molecular weight is 420 g/mol. The number of fused-ring (bicyclic) bond motifs is 1. The van der Waals surface area contributed by atoms with Gasteiger partial charge in [0.15, 0.2) is 6.17 Å². The Morgan fingerprint density at radius 2 is 1.69 bits per heavy atom. The summed E-state index contributed by atoms with van der Waals surface area (Å²) in [5.74, 6) is -0.582. The summed E-state index contributed by atoms with van der Waals surface area (Å²) in [5, 5.41) is 7.91. The first-order valence-electron chi connectivity index (χ1n) is 10.5. The van der Waals surface area contributed by atoms with Crippen molar-refractivity contribution in [2.75, 3.05) is 0 Å². The molecular weight excluding hydrogens is 400 g/mol. The fourth-order valence-corrected chi connectivity index (χ4v) is 4.52. The summed E-state index contributed by atoms with van der Waals surface area (Å²) in [6.07, 6.45) is -0.884. The Hall–Kier alpha value is -4.32. The summed E-state index contributed by atoms with van der Waals surface area (Å²) in [5.41, 5.74) is 5.12. The van der Waals surface area contributed by atoms with E-state index in [1.165, 1.54) is 0 Å². The molecule has 0 aliphatic carbocycles. The Bertz CT molecular complexity index is 1460. The minimum Gasteiger partial charge on any atom is -0.351 e. The fourth-order valence-electron chi connectivity index (χ4n) is 4.52. The highest BCUT2D eigenvalue weighted by atomic mass is 16.2. The molecule has 0 spiro atoms. The minimum atomic E-state index is -0.884. The smallest absolute Gasteiger partial charge is 0.269 e. The summed E-state index contributed by atoms with van der Waals surface area (Å²) >= 11 is 0. The van der Waals surface area contributed by atoms with Gasteiger partial charge in [-0.1, -0.05) is 66.7 Å². The van der Waals surface area contributed by atoms with Gasteiger partial charge in [0.2, 0.25) is 0 Å². The highest BCUT2D eigenvalue weighted by molar-refractivity contribution is 6.01.